The predicted molar refractivity (Wildman–Crippen MR) is 92.3 cm³/mol. The Morgan fingerprint density at radius 1 is 1.05 bits per heavy atom. The fraction of sp³-hybridized carbons (Fsp3) is 0.294. The standard InChI is InChI=1S/C17H20BrNS/c1-12(2)13-6-8-14(9-7-13)17(19)11-20-16-5-3-4-15(18)10-16/h3-10,12,17H,11,19H2,1-2H3. The largest absolute Gasteiger partial charge is 0.323 e. The lowest BCUT2D eigenvalue weighted by molar-refractivity contribution is 0.822. The molecule has 2 N–H and O–H groups in total. The second-order valence-corrected chi connectivity index (χ2v) is 7.21. The SMILES string of the molecule is CC(C)c1ccc(C(N)CSc2cccc(Br)c2)cc1. The first kappa shape index (κ1) is 15.6. The molecule has 2 aromatic carbocycles. The van der Waals surface area contributed by atoms with Gasteiger partial charge in [0.25, 0.3) is 0 Å². The van der Waals surface area contributed by atoms with Crippen LogP contribution in [0.1, 0.15) is 36.9 Å². The van der Waals surface area contributed by atoms with E-state index in [0.29, 0.717) is 5.92 Å². The van der Waals surface area contributed by atoms with Gasteiger partial charge in [-0.2, -0.15) is 0 Å². The highest BCUT2D eigenvalue weighted by Crippen LogP contribution is 2.26. The number of nitrogens with two attached hydrogens (primary N) is 1. The zero-order valence-corrected chi connectivity index (χ0v) is 14.2. The maximum atomic E-state index is 6.27. The summed E-state index contributed by atoms with van der Waals surface area (Å²) in [7, 11) is 0. The molecule has 106 valence electrons. The zero-order valence-electron chi connectivity index (χ0n) is 11.8. The third-order valence-corrected chi connectivity index (χ3v) is 4.86. The summed E-state index contributed by atoms with van der Waals surface area (Å²) in [5.74, 6) is 1.45. The van der Waals surface area contributed by atoms with Gasteiger partial charge in [-0.1, -0.05) is 60.1 Å². The second-order valence-electron chi connectivity index (χ2n) is 5.20. The van der Waals surface area contributed by atoms with Crippen molar-refractivity contribution in [3.8, 4) is 0 Å². The number of rotatable bonds is 5. The summed E-state index contributed by atoms with van der Waals surface area (Å²) in [5, 5.41) is 0. The lowest BCUT2D eigenvalue weighted by atomic mass is 10.00. The quantitative estimate of drug-likeness (QED) is 0.734. The first-order chi connectivity index (χ1) is 9.56. The summed E-state index contributed by atoms with van der Waals surface area (Å²) in [6.45, 7) is 4.41. The first-order valence-corrected chi connectivity index (χ1v) is 8.58. The van der Waals surface area contributed by atoms with E-state index in [9.17, 15) is 0 Å². The number of benzene rings is 2. The van der Waals surface area contributed by atoms with Crippen molar-refractivity contribution in [2.24, 2.45) is 5.73 Å². The molecule has 0 saturated heterocycles. The number of hydrogen-bond donors (Lipinski definition) is 1. The monoisotopic (exact) mass is 349 g/mol. The Morgan fingerprint density at radius 2 is 1.70 bits per heavy atom. The van der Waals surface area contributed by atoms with Gasteiger partial charge >= 0.3 is 0 Å². The molecular formula is C17H20BrNS. The molecule has 0 aliphatic rings. The molecule has 0 amide bonds. The van der Waals surface area contributed by atoms with Crippen LogP contribution in [0.3, 0.4) is 0 Å². The molecule has 20 heavy (non-hydrogen) atoms. The van der Waals surface area contributed by atoms with E-state index < -0.39 is 0 Å². The van der Waals surface area contributed by atoms with Gasteiger partial charge in [0.05, 0.1) is 0 Å². The summed E-state index contributed by atoms with van der Waals surface area (Å²) in [5.41, 5.74) is 8.84. The van der Waals surface area contributed by atoms with Gasteiger partial charge in [0, 0.05) is 21.2 Å². The van der Waals surface area contributed by atoms with E-state index in [-0.39, 0.29) is 6.04 Å². The van der Waals surface area contributed by atoms with E-state index in [0.717, 1.165) is 10.2 Å². The predicted octanol–water partition coefficient (Wildman–Crippen LogP) is 5.36. The van der Waals surface area contributed by atoms with E-state index in [1.807, 2.05) is 6.07 Å². The van der Waals surface area contributed by atoms with Crippen molar-refractivity contribution in [2.75, 3.05) is 5.75 Å². The molecule has 1 nitrogen and oxygen atoms in total. The maximum absolute atomic E-state index is 6.27. The molecule has 3 heteroatoms. The van der Waals surface area contributed by atoms with Gasteiger partial charge < -0.3 is 5.73 Å². The van der Waals surface area contributed by atoms with Crippen LogP contribution in [0.25, 0.3) is 0 Å². The lowest BCUT2D eigenvalue weighted by Gasteiger charge is -2.13. The molecule has 0 aliphatic carbocycles. The average Bonchev–Trinajstić information content (AvgIpc) is 2.45. The van der Waals surface area contributed by atoms with Gasteiger partial charge in [-0.25, -0.2) is 0 Å². The van der Waals surface area contributed by atoms with Crippen LogP contribution in [0.2, 0.25) is 0 Å². The summed E-state index contributed by atoms with van der Waals surface area (Å²) in [6.07, 6.45) is 0. The first-order valence-electron chi connectivity index (χ1n) is 6.80. The normalized spacial score (nSPS) is 12.7. The number of halogens is 1. The average molecular weight is 350 g/mol. The Hall–Kier alpha value is -0.770. The Bertz CT molecular complexity index is 551. The molecule has 0 aliphatic heterocycles. The van der Waals surface area contributed by atoms with Crippen molar-refractivity contribution >= 4 is 27.7 Å². The molecule has 1 atom stereocenters. The molecular weight excluding hydrogens is 330 g/mol. The molecule has 0 bridgehead atoms. The Balaban J connectivity index is 1.96. The number of hydrogen-bond acceptors (Lipinski definition) is 2. The van der Waals surface area contributed by atoms with Crippen molar-refractivity contribution in [1.29, 1.82) is 0 Å². The van der Waals surface area contributed by atoms with Crippen molar-refractivity contribution < 1.29 is 0 Å². The topological polar surface area (TPSA) is 26.0 Å². The van der Waals surface area contributed by atoms with Gasteiger partial charge in [-0.3, -0.25) is 0 Å². The Morgan fingerprint density at radius 3 is 2.30 bits per heavy atom. The van der Waals surface area contributed by atoms with E-state index in [4.69, 9.17) is 5.73 Å². The van der Waals surface area contributed by atoms with E-state index in [2.05, 4.69) is 72.2 Å². The number of thioether (sulfide) groups is 1. The van der Waals surface area contributed by atoms with Crippen molar-refractivity contribution in [2.45, 2.75) is 30.7 Å². The second kappa shape index (κ2) is 7.30. The smallest absolute Gasteiger partial charge is 0.0390 e. The van der Waals surface area contributed by atoms with Crippen LogP contribution < -0.4 is 5.73 Å². The molecule has 0 radical (unpaired) electrons. The van der Waals surface area contributed by atoms with Crippen LogP contribution in [0, 0.1) is 0 Å². The van der Waals surface area contributed by atoms with E-state index >= 15 is 0 Å². The van der Waals surface area contributed by atoms with Gasteiger partial charge in [0.2, 0.25) is 0 Å². The fourth-order valence-corrected chi connectivity index (χ4v) is 3.47. The van der Waals surface area contributed by atoms with Crippen molar-refractivity contribution in [3.63, 3.8) is 0 Å². The minimum absolute atomic E-state index is 0.0696. The zero-order chi connectivity index (χ0) is 14.5. The molecule has 1 unspecified atom stereocenters. The van der Waals surface area contributed by atoms with Gasteiger partial charge in [-0.15, -0.1) is 11.8 Å². The van der Waals surface area contributed by atoms with E-state index in [1.54, 1.807) is 11.8 Å². The minimum atomic E-state index is 0.0696. The molecule has 0 heterocycles. The fourth-order valence-electron chi connectivity index (χ4n) is 1.97. The van der Waals surface area contributed by atoms with Gasteiger partial charge in [0.15, 0.2) is 0 Å². The maximum Gasteiger partial charge on any atom is 0.0390 e. The molecule has 2 rings (SSSR count). The Kier molecular flexibility index (Phi) is 5.70. The highest BCUT2D eigenvalue weighted by molar-refractivity contribution is 9.10. The summed E-state index contributed by atoms with van der Waals surface area (Å²) in [6, 6.07) is 17.1. The van der Waals surface area contributed by atoms with E-state index in [1.165, 1.54) is 16.0 Å². The van der Waals surface area contributed by atoms with Gasteiger partial charge in [0.1, 0.15) is 0 Å². The highest BCUT2D eigenvalue weighted by Gasteiger charge is 2.08. The summed E-state index contributed by atoms with van der Waals surface area (Å²) >= 11 is 5.28. The molecule has 0 spiro atoms. The van der Waals surface area contributed by atoms with Crippen LogP contribution in [0.5, 0.6) is 0 Å². The van der Waals surface area contributed by atoms with Crippen LogP contribution >= 0.6 is 27.7 Å². The molecule has 0 fully saturated rings. The molecule has 0 aromatic heterocycles. The van der Waals surface area contributed by atoms with Crippen molar-refractivity contribution in [3.05, 3.63) is 64.1 Å². The third kappa shape index (κ3) is 4.37. The highest BCUT2D eigenvalue weighted by atomic mass is 79.9. The Labute approximate surface area is 134 Å². The molecule has 2 aromatic rings. The lowest BCUT2D eigenvalue weighted by Crippen LogP contribution is -2.12. The molecule has 0 saturated carbocycles. The van der Waals surface area contributed by atoms with Crippen LogP contribution in [-0.4, -0.2) is 5.75 Å². The van der Waals surface area contributed by atoms with Crippen molar-refractivity contribution in [1.82, 2.24) is 0 Å². The van der Waals surface area contributed by atoms with Crippen LogP contribution in [0.4, 0.5) is 0 Å². The van der Waals surface area contributed by atoms with Gasteiger partial charge in [-0.05, 0) is 35.2 Å². The third-order valence-electron chi connectivity index (χ3n) is 3.26. The summed E-state index contributed by atoms with van der Waals surface area (Å²) < 4.78 is 1.11. The van der Waals surface area contributed by atoms with Crippen LogP contribution in [-0.2, 0) is 0 Å². The van der Waals surface area contributed by atoms with Crippen LogP contribution in [0.15, 0.2) is 57.9 Å². The minimum Gasteiger partial charge on any atom is -0.323 e. The summed E-state index contributed by atoms with van der Waals surface area (Å²) in [4.78, 5) is 1.24.